The third-order valence-corrected chi connectivity index (χ3v) is 4.66. The minimum Gasteiger partial charge on any atom is -0.512 e. The van der Waals surface area contributed by atoms with Gasteiger partial charge in [-0.2, -0.15) is 0 Å². The van der Waals surface area contributed by atoms with Crippen LogP contribution in [0.5, 0.6) is 0 Å². The minimum atomic E-state index is -0.183. The summed E-state index contributed by atoms with van der Waals surface area (Å²) in [5, 5.41) is 19.6. The Morgan fingerprint density at radius 2 is 1.88 bits per heavy atom. The quantitative estimate of drug-likeness (QED) is 0.677. The second-order valence-corrected chi connectivity index (χ2v) is 5.58. The number of hydrogen-bond acceptors (Lipinski definition) is 3. The molecule has 0 aromatic heterocycles. The standard InChI is InChI=1S/C14H18O3/c15-12-5-8-3-1-2-4-9(8)10-6-13(16)14(17)7-11(10)12/h7-10,15,17H,1-6H2/t8-,9+,10?/m0/s1. The Hall–Kier alpha value is -1.25. The van der Waals surface area contributed by atoms with Gasteiger partial charge < -0.3 is 10.2 Å². The van der Waals surface area contributed by atoms with Crippen molar-refractivity contribution >= 4 is 5.78 Å². The molecule has 92 valence electrons. The van der Waals surface area contributed by atoms with Crippen LogP contribution in [0.4, 0.5) is 0 Å². The van der Waals surface area contributed by atoms with Gasteiger partial charge in [0.25, 0.3) is 0 Å². The first-order valence-corrected chi connectivity index (χ1v) is 6.52. The number of aliphatic hydroxyl groups excluding tert-OH is 2. The second kappa shape index (κ2) is 3.90. The first kappa shape index (κ1) is 10.9. The minimum absolute atomic E-state index is 0.150. The van der Waals surface area contributed by atoms with Crippen molar-refractivity contribution in [3.05, 3.63) is 23.2 Å². The third kappa shape index (κ3) is 1.68. The highest BCUT2D eigenvalue weighted by Gasteiger charge is 2.42. The predicted molar refractivity (Wildman–Crippen MR) is 63.5 cm³/mol. The molecule has 3 aliphatic rings. The Morgan fingerprint density at radius 1 is 1.12 bits per heavy atom. The molecular weight excluding hydrogens is 216 g/mol. The molecule has 0 aliphatic heterocycles. The van der Waals surface area contributed by atoms with E-state index in [2.05, 4.69) is 0 Å². The molecule has 0 aromatic rings. The van der Waals surface area contributed by atoms with Crippen molar-refractivity contribution in [2.75, 3.05) is 0 Å². The molecule has 3 atom stereocenters. The number of carbonyl (C=O) groups is 1. The van der Waals surface area contributed by atoms with Gasteiger partial charge in [0, 0.05) is 12.8 Å². The number of Topliss-reactive ketones (excluding diaryl/α,β-unsaturated/α-hetero) is 1. The average Bonchev–Trinajstić information content (AvgIpc) is 2.32. The lowest BCUT2D eigenvalue weighted by Crippen LogP contribution is -2.36. The molecule has 3 nitrogen and oxygen atoms in total. The number of allylic oxidation sites excluding steroid dienone is 4. The SMILES string of the molecule is O=C1CC2C(=C(O)C[C@@H]3CCCC[C@@H]23)C=C1O. The molecule has 0 heterocycles. The van der Waals surface area contributed by atoms with Gasteiger partial charge in [0.1, 0.15) is 0 Å². The van der Waals surface area contributed by atoms with E-state index in [0.717, 1.165) is 18.4 Å². The Morgan fingerprint density at radius 3 is 2.71 bits per heavy atom. The number of rotatable bonds is 0. The van der Waals surface area contributed by atoms with Gasteiger partial charge in [-0.25, -0.2) is 0 Å². The van der Waals surface area contributed by atoms with Crippen molar-refractivity contribution < 1.29 is 15.0 Å². The summed E-state index contributed by atoms with van der Waals surface area (Å²) in [6, 6.07) is 0. The van der Waals surface area contributed by atoms with Gasteiger partial charge in [0.2, 0.25) is 0 Å². The summed E-state index contributed by atoms with van der Waals surface area (Å²) >= 11 is 0. The maximum absolute atomic E-state index is 11.6. The van der Waals surface area contributed by atoms with E-state index in [9.17, 15) is 15.0 Å². The van der Waals surface area contributed by atoms with Gasteiger partial charge in [0.15, 0.2) is 11.5 Å². The third-order valence-electron chi connectivity index (χ3n) is 4.66. The molecule has 0 aromatic carbocycles. The molecule has 0 amide bonds. The van der Waals surface area contributed by atoms with Crippen LogP contribution in [0, 0.1) is 17.8 Å². The highest BCUT2D eigenvalue weighted by atomic mass is 16.3. The van der Waals surface area contributed by atoms with Crippen LogP contribution in [0.15, 0.2) is 23.2 Å². The number of hydrogen-bond donors (Lipinski definition) is 2. The zero-order valence-electron chi connectivity index (χ0n) is 9.85. The molecule has 0 spiro atoms. The number of carbonyl (C=O) groups excluding carboxylic acids is 1. The monoisotopic (exact) mass is 234 g/mol. The number of fused-ring (bicyclic) bond motifs is 3. The fourth-order valence-electron chi connectivity index (χ4n) is 3.81. The summed E-state index contributed by atoms with van der Waals surface area (Å²) in [6.45, 7) is 0. The van der Waals surface area contributed by atoms with E-state index in [1.165, 1.54) is 25.3 Å². The topological polar surface area (TPSA) is 57.5 Å². The van der Waals surface area contributed by atoms with Crippen molar-refractivity contribution in [1.82, 2.24) is 0 Å². The Balaban J connectivity index is 2.00. The van der Waals surface area contributed by atoms with Crippen LogP contribution in [-0.4, -0.2) is 16.0 Å². The Kier molecular flexibility index (Phi) is 2.49. The maximum Gasteiger partial charge on any atom is 0.197 e. The normalized spacial score (nSPS) is 37.3. The summed E-state index contributed by atoms with van der Waals surface area (Å²) in [4.78, 5) is 11.6. The number of ketones is 1. The molecule has 1 saturated carbocycles. The second-order valence-electron chi connectivity index (χ2n) is 5.58. The van der Waals surface area contributed by atoms with E-state index in [-0.39, 0.29) is 17.5 Å². The van der Waals surface area contributed by atoms with Gasteiger partial charge in [-0.15, -0.1) is 0 Å². The molecule has 1 fully saturated rings. The van der Waals surface area contributed by atoms with Crippen LogP contribution in [0.1, 0.15) is 38.5 Å². The Labute approximate surface area is 101 Å². The van der Waals surface area contributed by atoms with E-state index in [1.807, 2.05) is 0 Å². The van der Waals surface area contributed by atoms with Crippen molar-refractivity contribution in [2.24, 2.45) is 17.8 Å². The summed E-state index contributed by atoms with van der Waals surface area (Å²) in [5.74, 6) is 1.27. The maximum atomic E-state index is 11.6. The van der Waals surface area contributed by atoms with Crippen molar-refractivity contribution in [3.63, 3.8) is 0 Å². The lowest BCUT2D eigenvalue weighted by Gasteiger charge is -2.42. The van der Waals surface area contributed by atoms with Crippen molar-refractivity contribution in [2.45, 2.75) is 38.5 Å². The van der Waals surface area contributed by atoms with Crippen LogP contribution in [0.25, 0.3) is 0 Å². The largest absolute Gasteiger partial charge is 0.512 e. The molecule has 3 heteroatoms. The van der Waals surface area contributed by atoms with E-state index < -0.39 is 0 Å². The predicted octanol–water partition coefficient (Wildman–Crippen LogP) is 3.04. The van der Waals surface area contributed by atoms with E-state index in [0.29, 0.717) is 24.0 Å². The molecule has 17 heavy (non-hydrogen) atoms. The van der Waals surface area contributed by atoms with Crippen LogP contribution < -0.4 is 0 Å². The average molecular weight is 234 g/mol. The first-order valence-electron chi connectivity index (χ1n) is 6.52. The molecule has 0 radical (unpaired) electrons. The van der Waals surface area contributed by atoms with E-state index in [4.69, 9.17) is 0 Å². The summed E-state index contributed by atoms with van der Waals surface area (Å²) < 4.78 is 0. The molecule has 1 unspecified atom stereocenters. The zero-order valence-corrected chi connectivity index (χ0v) is 9.85. The molecular formula is C14H18O3. The highest BCUT2D eigenvalue weighted by Crippen LogP contribution is 2.48. The van der Waals surface area contributed by atoms with Crippen LogP contribution in [-0.2, 0) is 4.79 Å². The lowest BCUT2D eigenvalue weighted by molar-refractivity contribution is -0.119. The molecule has 2 N–H and O–H groups in total. The van der Waals surface area contributed by atoms with Crippen molar-refractivity contribution in [3.8, 4) is 0 Å². The van der Waals surface area contributed by atoms with Gasteiger partial charge in [-0.3, -0.25) is 4.79 Å². The number of aliphatic hydroxyl groups is 2. The summed E-state index contributed by atoms with van der Waals surface area (Å²) in [6.07, 6.45) is 7.41. The molecule has 3 rings (SSSR count). The van der Waals surface area contributed by atoms with Gasteiger partial charge in [0.05, 0.1) is 5.76 Å². The first-order chi connectivity index (χ1) is 8.16. The summed E-state index contributed by atoms with van der Waals surface area (Å²) in [5.41, 5.74) is 0.824. The molecule has 0 bridgehead atoms. The van der Waals surface area contributed by atoms with E-state index in [1.54, 1.807) is 0 Å². The highest BCUT2D eigenvalue weighted by molar-refractivity contribution is 5.95. The van der Waals surface area contributed by atoms with Gasteiger partial charge in [-0.1, -0.05) is 12.8 Å². The van der Waals surface area contributed by atoms with Crippen LogP contribution in [0.3, 0.4) is 0 Å². The van der Waals surface area contributed by atoms with Crippen LogP contribution >= 0.6 is 0 Å². The Bertz CT molecular complexity index is 419. The van der Waals surface area contributed by atoms with Gasteiger partial charge >= 0.3 is 0 Å². The molecule has 3 aliphatic carbocycles. The van der Waals surface area contributed by atoms with Crippen LogP contribution in [0.2, 0.25) is 0 Å². The smallest absolute Gasteiger partial charge is 0.197 e. The van der Waals surface area contributed by atoms with Gasteiger partial charge in [-0.05, 0) is 42.2 Å². The van der Waals surface area contributed by atoms with Crippen molar-refractivity contribution in [1.29, 1.82) is 0 Å². The fourth-order valence-corrected chi connectivity index (χ4v) is 3.81. The molecule has 0 saturated heterocycles. The lowest BCUT2D eigenvalue weighted by atomic mass is 9.62. The fraction of sp³-hybridized carbons (Fsp3) is 0.643. The summed E-state index contributed by atoms with van der Waals surface area (Å²) in [7, 11) is 0. The van der Waals surface area contributed by atoms with E-state index >= 15 is 0 Å². The zero-order chi connectivity index (χ0) is 12.0.